The van der Waals surface area contributed by atoms with Crippen molar-refractivity contribution in [3.8, 4) is 0 Å². The van der Waals surface area contributed by atoms with Gasteiger partial charge in [-0.25, -0.2) is 0 Å². The Morgan fingerprint density at radius 3 is 1.63 bits per heavy atom. The Hall–Kier alpha value is -0.570. The van der Waals surface area contributed by atoms with Crippen molar-refractivity contribution < 1.29 is 9.53 Å². The van der Waals surface area contributed by atoms with Crippen LogP contribution in [0.2, 0.25) is 0 Å². The quantitative estimate of drug-likeness (QED) is 0.168. The Bertz CT molecular complexity index is 357. The van der Waals surface area contributed by atoms with Crippen LogP contribution < -0.4 is 5.32 Å². The molecule has 0 aliphatic carbocycles. The molecule has 3 heteroatoms. The second kappa shape index (κ2) is 23.1. The maximum Gasteiger partial charge on any atom is 0.222 e. The first-order valence-electron chi connectivity index (χ1n) is 13.5. The van der Waals surface area contributed by atoms with Gasteiger partial charge in [-0.3, -0.25) is 4.79 Å². The molecule has 30 heavy (non-hydrogen) atoms. The number of hydrogen-bond donors (Lipinski definition) is 1. The lowest BCUT2D eigenvalue weighted by Gasteiger charge is -2.17. The van der Waals surface area contributed by atoms with E-state index in [1.165, 1.54) is 103 Å². The van der Waals surface area contributed by atoms with E-state index in [-0.39, 0.29) is 11.8 Å². The van der Waals surface area contributed by atoms with Crippen molar-refractivity contribution in [3.63, 3.8) is 0 Å². The van der Waals surface area contributed by atoms with Gasteiger partial charge in [0, 0.05) is 25.7 Å². The van der Waals surface area contributed by atoms with E-state index in [4.69, 9.17) is 4.74 Å². The van der Waals surface area contributed by atoms with Gasteiger partial charge in [-0.05, 0) is 25.2 Å². The maximum absolute atomic E-state index is 11.6. The van der Waals surface area contributed by atoms with Crippen LogP contribution in [0.15, 0.2) is 0 Å². The molecule has 3 nitrogen and oxygen atoms in total. The van der Waals surface area contributed by atoms with E-state index < -0.39 is 0 Å². The number of carbonyl (C=O) groups excluding carboxylic acids is 1. The highest BCUT2D eigenvalue weighted by Gasteiger charge is 2.10. The first-order chi connectivity index (χ1) is 14.6. The summed E-state index contributed by atoms with van der Waals surface area (Å²) >= 11 is 0. The molecular formula is C27H55NO2. The third-order valence-corrected chi connectivity index (χ3v) is 6.07. The van der Waals surface area contributed by atoms with Gasteiger partial charge in [0.1, 0.15) is 0 Å². The second-order valence-corrected chi connectivity index (χ2v) is 9.56. The minimum absolute atomic E-state index is 0.0688. The molecule has 1 atom stereocenters. The van der Waals surface area contributed by atoms with Crippen LogP contribution in [-0.4, -0.2) is 25.7 Å². The molecule has 0 radical (unpaired) electrons. The van der Waals surface area contributed by atoms with Gasteiger partial charge in [0.2, 0.25) is 5.91 Å². The fourth-order valence-corrected chi connectivity index (χ4v) is 3.93. The summed E-state index contributed by atoms with van der Waals surface area (Å²) < 4.78 is 6.00. The molecular weight excluding hydrogens is 370 g/mol. The molecule has 0 saturated carbocycles. The zero-order valence-electron chi connectivity index (χ0n) is 21.1. The van der Waals surface area contributed by atoms with Crippen LogP contribution >= 0.6 is 0 Å². The van der Waals surface area contributed by atoms with Gasteiger partial charge in [0.05, 0.1) is 0 Å². The van der Waals surface area contributed by atoms with Crippen molar-refractivity contribution >= 4 is 5.91 Å². The standard InChI is InChI=1S/C27H55NO2/c1-5-7-9-11-13-14-16-18-21-26(20-17-15-12-10-8-6-2)24-30-23-19-22-28-27(29)25(3)4/h25-26H,5-24H2,1-4H3,(H,28,29). The lowest BCUT2D eigenvalue weighted by Crippen LogP contribution is -2.29. The van der Waals surface area contributed by atoms with Gasteiger partial charge in [-0.1, -0.05) is 118 Å². The van der Waals surface area contributed by atoms with Crippen LogP contribution in [0.25, 0.3) is 0 Å². The molecule has 0 spiro atoms. The molecule has 0 heterocycles. The second-order valence-electron chi connectivity index (χ2n) is 9.56. The highest BCUT2D eigenvalue weighted by Crippen LogP contribution is 2.20. The average molecular weight is 426 g/mol. The van der Waals surface area contributed by atoms with Crippen LogP contribution in [-0.2, 0) is 9.53 Å². The average Bonchev–Trinajstić information content (AvgIpc) is 2.73. The smallest absolute Gasteiger partial charge is 0.222 e. The topological polar surface area (TPSA) is 38.3 Å². The van der Waals surface area contributed by atoms with E-state index in [1.54, 1.807) is 0 Å². The lowest BCUT2D eigenvalue weighted by atomic mass is 9.94. The minimum atomic E-state index is 0.0688. The van der Waals surface area contributed by atoms with Gasteiger partial charge in [-0.2, -0.15) is 0 Å². The van der Waals surface area contributed by atoms with Crippen LogP contribution in [0.1, 0.15) is 137 Å². The first kappa shape index (κ1) is 29.4. The number of ether oxygens (including phenoxy) is 1. The Labute approximate surface area is 189 Å². The van der Waals surface area contributed by atoms with Crippen LogP contribution in [0.4, 0.5) is 0 Å². The van der Waals surface area contributed by atoms with E-state index in [1.807, 2.05) is 13.8 Å². The molecule has 1 unspecified atom stereocenters. The van der Waals surface area contributed by atoms with Crippen molar-refractivity contribution in [1.82, 2.24) is 5.32 Å². The fraction of sp³-hybridized carbons (Fsp3) is 0.963. The van der Waals surface area contributed by atoms with E-state index in [2.05, 4.69) is 19.2 Å². The van der Waals surface area contributed by atoms with E-state index in [9.17, 15) is 4.79 Å². The van der Waals surface area contributed by atoms with Gasteiger partial charge >= 0.3 is 0 Å². The highest BCUT2D eigenvalue weighted by atomic mass is 16.5. The maximum atomic E-state index is 11.6. The zero-order chi connectivity index (χ0) is 22.3. The highest BCUT2D eigenvalue weighted by molar-refractivity contribution is 5.77. The molecule has 1 amide bonds. The van der Waals surface area contributed by atoms with Gasteiger partial charge < -0.3 is 10.1 Å². The van der Waals surface area contributed by atoms with Crippen LogP contribution in [0.5, 0.6) is 0 Å². The largest absolute Gasteiger partial charge is 0.381 e. The van der Waals surface area contributed by atoms with Crippen LogP contribution in [0, 0.1) is 11.8 Å². The van der Waals surface area contributed by atoms with Crippen LogP contribution in [0.3, 0.4) is 0 Å². The number of hydrogen-bond acceptors (Lipinski definition) is 2. The van der Waals surface area contributed by atoms with Crippen molar-refractivity contribution in [2.75, 3.05) is 19.8 Å². The number of carbonyl (C=O) groups is 1. The molecule has 0 saturated heterocycles. The van der Waals surface area contributed by atoms with E-state index in [0.29, 0.717) is 0 Å². The third kappa shape index (κ3) is 20.7. The summed E-state index contributed by atoms with van der Waals surface area (Å²) in [6, 6.07) is 0. The molecule has 0 aliphatic heterocycles. The Balaban J connectivity index is 3.90. The van der Waals surface area contributed by atoms with Gasteiger partial charge in [0.25, 0.3) is 0 Å². The summed E-state index contributed by atoms with van der Waals surface area (Å²) in [6.45, 7) is 10.8. The zero-order valence-corrected chi connectivity index (χ0v) is 21.1. The van der Waals surface area contributed by atoms with E-state index in [0.717, 1.165) is 32.1 Å². The first-order valence-corrected chi connectivity index (χ1v) is 13.5. The molecule has 0 bridgehead atoms. The number of rotatable bonds is 23. The summed E-state index contributed by atoms with van der Waals surface area (Å²) in [5.41, 5.74) is 0. The Morgan fingerprint density at radius 2 is 1.17 bits per heavy atom. The summed E-state index contributed by atoms with van der Waals surface area (Å²) in [4.78, 5) is 11.6. The summed E-state index contributed by atoms with van der Waals surface area (Å²) in [6.07, 6.45) is 23.0. The molecule has 0 aromatic heterocycles. The molecule has 0 rings (SSSR count). The number of nitrogens with one attached hydrogen (secondary N) is 1. The molecule has 1 N–H and O–H groups in total. The normalized spacial score (nSPS) is 12.4. The summed E-state index contributed by atoms with van der Waals surface area (Å²) in [5.74, 6) is 0.937. The van der Waals surface area contributed by atoms with Crippen molar-refractivity contribution in [2.24, 2.45) is 11.8 Å². The molecule has 0 fully saturated rings. The molecule has 0 aromatic rings. The summed E-state index contributed by atoms with van der Waals surface area (Å²) in [7, 11) is 0. The summed E-state index contributed by atoms with van der Waals surface area (Å²) in [5, 5.41) is 2.98. The van der Waals surface area contributed by atoms with Crippen molar-refractivity contribution in [1.29, 1.82) is 0 Å². The number of amides is 1. The monoisotopic (exact) mass is 425 g/mol. The predicted octanol–water partition coefficient (Wildman–Crippen LogP) is 8.06. The third-order valence-electron chi connectivity index (χ3n) is 6.07. The van der Waals surface area contributed by atoms with E-state index >= 15 is 0 Å². The van der Waals surface area contributed by atoms with Gasteiger partial charge in [-0.15, -0.1) is 0 Å². The Kier molecular flexibility index (Phi) is 22.7. The lowest BCUT2D eigenvalue weighted by molar-refractivity contribution is -0.124. The predicted molar refractivity (Wildman–Crippen MR) is 132 cm³/mol. The fourth-order valence-electron chi connectivity index (χ4n) is 3.93. The molecule has 0 aliphatic rings. The minimum Gasteiger partial charge on any atom is -0.381 e. The van der Waals surface area contributed by atoms with Gasteiger partial charge in [0.15, 0.2) is 0 Å². The molecule has 180 valence electrons. The SMILES string of the molecule is CCCCCCCCCCC(CCCCCCCC)COCCCNC(=O)C(C)C. The van der Waals surface area contributed by atoms with Crippen molar-refractivity contribution in [2.45, 2.75) is 137 Å². The number of unbranched alkanes of at least 4 members (excludes halogenated alkanes) is 12. The Morgan fingerprint density at radius 1 is 0.700 bits per heavy atom. The molecule has 0 aromatic carbocycles. The van der Waals surface area contributed by atoms with Crippen molar-refractivity contribution in [3.05, 3.63) is 0 Å².